The number of likely N-dealkylation sites (tertiary alicyclic amines) is 1. The first-order chi connectivity index (χ1) is 17.4. The maximum Gasteiger partial charge on any atom is 0.417 e. The number of anilines is 1. The van der Waals surface area contributed by atoms with Gasteiger partial charge in [-0.2, -0.15) is 17.6 Å². The van der Waals surface area contributed by atoms with Gasteiger partial charge in [-0.3, -0.25) is 9.69 Å². The van der Waals surface area contributed by atoms with Gasteiger partial charge in [0.15, 0.2) is 17.2 Å². The van der Waals surface area contributed by atoms with Crippen molar-refractivity contribution in [1.82, 2.24) is 10.1 Å². The van der Waals surface area contributed by atoms with Gasteiger partial charge in [0.05, 0.1) is 6.10 Å². The molecular weight excluding hydrogens is 505 g/mol. The lowest BCUT2D eigenvalue weighted by Gasteiger charge is -2.38. The van der Waals surface area contributed by atoms with Crippen molar-refractivity contribution in [2.45, 2.75) is 50.7 Å². The van der Waals surface area contributed by atoms with Crippen LogP contribution in [0.25, 0.3) is 0 Å². The molecule has 13 heteroatoms. The first kappa shape index (κ1) is 27.3. The van der Waals surface area contributed by atoms with Gasteiger partial charge in [-0.25, -0.2) is 4.39 Å². The van der Waals surface area contributed by atoms with E-state index >= 15 is 0 Å². The zero-order chi connectivity index (χ0) is 27.1. The Morgan fingerprint density at radius 1 is 1.30 bits per heavy atom. The van der Waals surface area contributed by atoms with Crippen LogP contribution in [0, 0.1) is 24.5 Å². The summed E-state index contributed by atoms with van der Waals surface area (Å²) in [6.45, 7) is 5.20. The van der Waals surface area contributed by atoms with Crippen LogP contribution in [-0.4, -0.2) is 73.3 Å². The first-order valence-corrected chi connectivity index (χ1v) is 11.7. The van der Waals surface area contributed by atoms with Gasteiger partial charge in [0.25, 0.3) is 5.91 Å². The predicted molar refractivity (Wildman–Crippen MR) is 120 cm³/mol. The fraction of sp³-hybridized carbons (Fsp3) is 0.583. The van der Waals surface area contributed by atoms with Crippen LogP contribution in [-0.2, 0) is 14.3 Å². The number of amides is 1. The molecule has 8 nitrogen and oxygen atoms in total. The first-order valence-electron chi connectivity index (χ1n) is 11.7. The number of benzene rings is 1. The summed E-state index contributed by atoms with van der Waals surface area (Å²) in [5.41, 5.74) is -2.41. The minimum atomic E-state index is -4.86. The van der Waals surface area contributed by atoms with E-state index in [1.165, 1.54) is 13.8 Å². The molecule has 0 bridgehead atoms. The Morgan fingerprint density at radius 2 is 2.00 bits per heavy atom. The Kier molecular flexibility index (Phi) is 7.50. The molecule has 4 rings (SSSR count). The highest BCUT2D eigenvalue weighted by atomic mass is 19.4. The second-order valence-corrected chi connectivity index (χ2v) is 9.51. The second-order valence-electron chi connectivity index (χ2n) is 9.51. The van der Waals surface area contributed by atoms with E-state index in [0.29, 0.717) is 25.3 Å². The standard InChI is InChI=1S/C24H28F5N3O5/c1-12-18(15-5-6-16(25)19(26)20(15)35-8-7-32-9-14(10-32)34-4)21(37-23(12,3)24(27,28)29)22(33)30-17-11-36-31-13(17)2/h5-6,11-12,14,18,21H,7-10H2,1-4H3,(H,30,33)/t12-,18-,21+,23+/m0/s1. The molecular formula is C24H28F5N3O5. The highest BCUT2D eigenvalue weighted by Gasteiger charge is 2.66. The summed E-state index contributed by atoms with van der Waals surface area (Å²) in [5.74, 6) is -6.73. The average Bonchev–Trinajstić information content (AvgIpc) is 3.33. The number of nitrogens with one attached hydrogen (secondary N) is 1. The zero-order valence-corrected chi connectivity index (χ0v) is 20.7. The maximum absolute atomic E-state index is 15.0. The summed E-state index contributed by atoms with van der Waals surface area (Å²) in [6.07, 6.45) is -5.37. The number of hydrogen-bond donors (Lipinski definition) is 1. The lowest BCUT2D eigenvalue weighted by Crippen LogP contribution is -2.52. The topological polar surface area (TPSA) is 86.1 Å². The Hall–Kier alpha value is -2.77. The number of methoxy groups -OCH3 is 1. The van der Waals surface area contributed by atoms with Crippen LogP contribution in [0.3, 0.4) is 0 Å². The van der Waals surface area contributed by atoms with Gasteiger partial charge in [-0.05, 0) is 19.9 Å². The van der Waals surface area contributed by atoms with Crippen LogP contribution in [0.4, 0.5) is 27.6 Å². The van der Waals surface area contributed by atoms with Crippen molar-refractivity contribution in [3.8, 4) is 5.75 Å². The number of alkyl halides is 3. The molecule has 0 unspecified atom stereocenters. The van der Waals surface area contributed by atoms with Gasteiger partial charge in [0.1, 0.15) is 30.4 Å². The molecule has 2 fully saturated rings. The number of halogens is 5. The Bertz CT molecular complexity index is 1140. The molecule has 0 spiro atoms. The number of carbonyl (C=O) groups is 1. The van der Waals surface area contributed by atoms with Crippen molar-refractivity contribution >= 4 is 11.6 Å². The highest BCUT2D eigenvalue weighted by Crippen LogP contribution is 2.55. The SMILES string of the molecule is COC1CN(CCOc2c([C@H]3[C@H](C(=O)Nc4conc4C)O[C@@](C)(C(F)(F)F)[C@H]3C)ccc(F)c2F)C1. The van der Waals surface area contributed by atoms with Crippen LogP contribution in [0.1, 0.15) is 31.0 Å². The predicted octanol–water partition coefficient (Wildman–Crippen LogP) is 4.05. The zero-order valence-electron chi connectivity index (χ0n) is 20.7. The monoisotopic (exact) mass is 533 g/mol. The number of nitrogens with zero attached hydrogens (tertiary/aromatic N) is 2. The molecule has 0 radical (unpaired) electrons. The number of carbonyl (C=O) groups excluding carboxylic acids is 1. The number of rotatable bonds is 8. The summed E-state index contributed by atoms with van der Waals surface area (Å²) in [6, 6.07) is 1.93. The molecule has 1 aromatic carbocycles. The number of aromatic nitrogens is 1. The smallest absolute Gasteiger partial charge is 0.417 e. The molecule has 1 aromatic heterocycles. The molecule has 1 amide bonds. The Labute approximate surface area is 210 Å². The van der Waals surface area contributed by atoms with E-state index < -0.39 is 53.0 Å². The lowest BCUT2D eigenvalue weighted by atomic mass is 9.77. The molecule has 37 heavy (non-hydrogen) atoms. The molecule has 4 atom stereocenters. The second kappa shape index (κ2) is 10.2. The van der Waals surface area contributed by atoms with Crippen LogP contribution in [0.2, 0.25) is 0 Å². The minimum Gasteiger partial charge on any atom is -0.489 e. The van der Waals surface area contributed by atoms with Crippen LogP contribution in [0.5, 0.6) is 5.75 Å². The fourth-order valence-electron chi connectivity index (χ4n) is 4.73. The Balaban J connectivity index is 1.66. The normalized spacial score (nSPS) is 26.8. The van der Waals surface area contributed by atoms with Crippen molar-refractivity contribution < 1.29 is 45.5 Å². The molecule has 3 heterocycles. The number of aryl methyl sites for hydroxylation is 1. The van der Waals surface area contributed by atoms with Gasteiger partial charge in [0.2, 0.25) is 5.82 Å². The van der Waals surface area contributed by atoms with E-state index in [0.717, 1.165) is 25.3 Å². The molecule has 2 aliphatic rings. The number of hydrogen-bond acceptors (Lipinski definition) is 7. The third kappa shape index (κ3) is 5.04. The maximum atomic E-state index is 15.0. The summed E-state index contributed by atoms with van der Waals surface area (Å²) < 4.78 is 92.5. The molecule has 0 saturated carbocycles. The van der Waals surface area contributed by atoms with E-state index in [1.54, 1.807) is 7.11 Å². The lowest BCUT2D eigenvalue weighted by molar-refractivity contribution is -0.272. The van der Waals surface area contributed by atoms with E-state index in [2.05, 4.69) is 10.5 Å². The quantitative estimate of drug-likeness (QED) is 0.513. The largest absolute Gasteiger partial charge is 0.489 e. The van der Waals surface area contributed by atoms with E-state index in [9.17, 15) is 26.7 Å². The van der Waals surface area contributed by atoms with Crippen LogP contribution < -0.4 is 10.1 Å². The molecule has 1 N–H and O–H groups in total. The van der Waals surface area contributed by atoms with Crippen LogP contribution in [0.15, 0.2) is 22.9 Å². The van der Waals surface area contributed by atoms with E-state index in [1.807, 2.05) is 4.90 Å². The highest BCUT2D eigenvalue weighted by molar-refractivity contribution is 5.95. The molecule has 2 aromatic rings. The van der Waals surface area contributed by atoms with Crippen molar-refractivity contribution in [3.05, 3.63) is 41.3 Å². The molecule has 204 valence electrons. The van der Waals surface area contributed by atoms with E-state index in [4.69, 9.17) is 18.7 Å². The summed E-state index contributed by atoms with van der Waals surface area (Å²) in [7, 11) is 1.59. The third-order valence-corrected chi connectivity index (χ3v) is 7.29. The minimum absolute atomic E-state index is 0.0565. The summed E-state index contributed by atoms with van der Waals surface area (Å²) in [4.78, 5) is 15.1. The third-order valence-electron chi connectivity index (χ3n) is 7.29. The van der Waals surface area contributed by atoms with Gasteiger partial charge in [-0.15, -0.1) is 0 Å². The Morgan fingerprint density at radius 3 is 2.59 bits per heavy atom. The van der Waals surface area contributed by atoms with E-state index in [-0.39, 0.29) is 24.0 Å². The summed E-state index contributed by atoms with van der Waals surface area (Å²) in [5, 5.41) is 6.08. The van der Waals surface area contributed by atoms with Crippen LogP contribution >= 0.6 is 0 Å². The number of ether oxygens (including phenoxy) is 3. The molecule has 0 aliphatic carbocycles. The van der Waals surface area contributed by atoms with Gasteiger partial charge in [0, 0.05) is 44.1 Å². The molecule has 2 saturated heterocycles. The van der Waals surface area contributed by atoms with Gasteiger partial charge >= 0.3 is 6.18 Å². The van der Waals surface area contributed by atoms with Crippen molar-refractivity contribution in [3.63, 3.8) is 0 Å². The van der Waals surface area contributed by atoms with Crippen molar-refractivity contribution in [1.29, 1.82) is 0 Å². The van der Waals surface area contributed by atoms with Crippen molar-refractivity contribution in [2.75, 3.05) is 38.7 Å². The molecule has 2 aliphatic heterocycles. The average molecular weight is 533 g/mol. The van der Waals surface area contributed by atoms with Crippen molar-refractivity contribution in [2.24, 2.45) is 5.92 Å². The van der Waals surface area contributed by atoms with Gasteiger partial charge in [-0.1, -0.05) is 18.1 Å². The van der Waals surface area contributed by atoms with Gasteiger partial charge < -0.3 is 24.1 Å². The fourth-order valence-corrected chi connectivity index (χ4v) is 4.73. The summed E-state index contributed by atoms with van der Waals surface area (Å²) >= 11 is 0.